The van der Waals surface area contributed by atoms with Crippen LogP contribution in [0.4, 0.5) is 11.4 Å². The minimum Gasteiger partial charge on any atom is -0.484 e. The number of hydrogen-bond donors (Lipinski definition) is 1. The third kappa shape index (κ3) is 6.11. The van der Waals surface area contributed by atoms with Crippen LogP contribution < -0.4 is 15.0 Å². The average molecular weight is 433 g/mol. The molecule has 0 saturated carbocycles. The molecule has 1 fully saturated rings. The number of nitrogens with one attached hydrogen (secondary N) is 1. The number of carbonyl (C=O) groups is 2. The Hall–Kier alpha value is -2.77. The molecule has 1 aliphatic heterocycles. The van der Waals surface area contributed by atoms with Gasteiger partial charge in [-0.25, -0.2) is 4.79 Å². The molecular weight excluding hydrogens is 408 g/mol. The molecule has 0 unspecified atom stereocenters. The molecule has 2 aromatic rings. The second-order valence-electron chi connectivity index (χ2n) is 6.76. The Labute approximate surface area is 180 Å². The van der Waals surface area contributed by atoms with E-state index < -0.39 is 5.97 Å². The lowest BCUT2D eigenvalue weighted by molar-refractivity contribution is -0.118. The molecule has 0 radical (unpaired) electrons. The zero-order valence-corrected chi connectivity index (χ0v) is 17.6. The fraction of sp³-hybridized carbons (Fsp3) is 0.364. The Morgan fingerprint density at radius 1 is 1.13 bits per heavy atom. The van der Waals surface area contributed by atoms with Gasteiger partial charge in [-0.05, 0) is 48.9 Å². The second-order valence-corrected chi connectivity index (χ2v) is 7.19. The summed E-state index contributed by atoms with van der Waals surface area (Å²) in [5.41, 5.74) is 1.69. The van der Waals surface area contributed by atoms with Crippen molar-refractivity contribution < 1.29 is 23.8 Å². The van der Waals surface area contributed by atoms with Gasteiger partial charge in [0.25, 0.3) is 5.91 Å². The standard InChI is InChI=1S/C22H25ClN2O5/c1-2-11-29-22(27)19-14-17(5-8-20(19)25-9-12-28-13-10-25)24-21(26)15-30-18-6-3-16(23)4-7-18/h3-8,14H,2,9-13,15H2,1H3,(H,24,26). The SMILES string of the molecule is CCCOC(=O)c1cc(NC(=O)COc2ccc(Cl)cc2)ccc1N1CCOCC1. The molecule has 0 spiro atoms. The Morgan fingerprint density at radius 2 is 1.87 bits per heavy atom. The number of nitrogens with zero attached hydrogens (tertiary/aromatic N) is 1. The lowest BCUT2D eigenvalue weighted by atomic mass is 10.1. The van der Waals surface area contributed by atoms with Crippen LogP contribution in [0.2, 0.25) is 5.02 Å². The van der Waals surface area contributed by atoms with Gasteiger partial charge in [-0.15, -0.1) is 0 Å². The van der Waals surface area contributed by atoms with Gasteiger partial charge in [0.15, 0.2) is 6.61 Å². The van der Waals surface area contributed by atoms with Crippen molar-refractivity contribution in [2.24, 2.45) is 0 Å². The number of hydrogen-bond acceptors (Lipinski definition) is 6. The highest BCUT2D eigenvalue weighted by molar-refractivity contribution is 6.30. The number of rotatable bonds is 8. The first kappa shape index (κ1) is 21.9. The highest BCUT2D eigenvalue weighted by atomic mass is 35.5. The molecule has 8 heteroatoms. The van der Waals surface area contributed by atoms with Crippen LogP contribution >= 0.6 is 11.6 Å². The highest BCUT2D eigenvalue weighted by Gasteiger charge is 2.21. The van der Waals surface area contributed by atoms with E-state index in [1.165, 1.54) is 0 Å². The Balaban J connectivity index is 1.69. The van der Waals surface area contributed by atoms with Crippen molar-refractivity contribution in [1.29, 1.82) is 0 Å². The maximum atomic E-state index is 12.6. The van der Waals surface area contributed by atoms with E-state index in [0.29, 0.717) is 54.9 Å². The Bertz CT molecular complexity index is 866. The van der Waals surface area contributed by atoms with Crippen molar-refractivity contribution >= 4 is 34.9 Å². The summed E-state index contributed by atoms with van der Waals surface area (Å²) in [6.45, 7) is 4.69. The normalized spacial score (nSPS) is 13.6. The van der Waals surface area contributed by atoms with Crippen molar-refractivity contribution in [2.45, 2.75) is 13.3 Å². The Morgan fingerprint density at radius 3 is 2.57 bits per heavy atom. The molecule has 160 valence electrons. The summed E-state index contributed by atoms with van der Waals surface area (Å²) in [6, 6.07) is 12.0. The van der Waals surface area contributed by atoms with Crippen molar-refractivity contribution in [3.8, 4) is 5.75 Å². The molecule has 7 nitrogen and oxygen atoms in total. The van der Waals surface area contributed by atoms with Crippen LogP contribution in [0.15, 0.2) is 42.5 Å². The lowest BCUT2D eigenvalue weighted by Crippen LogP contribution is -2.37. The molecule has 0 aliphatic carbocycles. The molecule has 1 aliphatic rings. The number of halogens is 1. The molecule has 1 N–H and O–H groups in total. The van der Waals surface area contributed by atoms with Crippen molar-refractivity contribution in [3.63, 3.8) is 0 Å². The molecular formula is C22H25ClN2O5. The minimum atomic E-state index is -0.410. The first-order valence-corrected chi connectivity index (χ1v) is 10.3. The van der Waals surface area contributed by atoms with Crippen LogP contribution in [0.25, 0.3) is 0 Å². The molecule has 1 saturated heterocycles. The van der Waals surface area contributed by atoms with Crippen LogP contribution in [-0.2, 0) is 14.3 Å². The third-order valence-corrected chi connectivity index (χ3v) is 4.72. The van der Waals surface area contributed by atoms with Gasteiger partial charge >= 0.3 is 5.97 Å². The quantitative estimate of drug-likeness (QED) is 0.640. The van der Waals surface area contributed by atoms with Crippen LogP contribution in [-0.4, -0.2) is 51.4 Å². The van der Waals surface area contributed by atoms with Gasteiger partial charge in [0.2, 0.25) is 0 Å². The maximum absolute atomic E-state index is 12.6. The van der Waals surface area contributed by atoms with Crippen molar-refractivity contribution in [1.82, 2.24) is 0 Å². The molecule has 1 heterocycles. The van der Waals surface area contributed by atoms with Crippen LogP contribution in [0, 0.1) is 0 Å². The van der Waals surface area contributed by atoms with Gasteiger partial charge in [-0.1, -0.05) is 18.5 Å². The van der Waals surface area contributed by atoms with Gasteiger partial charge in [0.05, 0.1) is 31.1 Å². The lowest BCUT2D eigenvalue weighted by Gasteiger charge is -2.30. The van der Waals surface area contributed by atoms with E-state index >= 15 is 0 Å². The average Bonchev–Trinajstić information content (AvgIpc) is 2.77. The summed E-state index contributed by atoms with van der Waals surface area (Å²) in [5, 5.41) is 3.36. The summed E-state index contributed by atoms with van der Waals surface area (Å²) >= 11 is 5.84. The van der Waals surface area contributed by atoms with Crippen molar-refractivity contribution in [3.05, 3.63) is 53.1 Å². The van der Waals surface area contributed by atoms with E-state index in [1.807, 2.05) is 13.0 Å². The molecule has 1 amide bonds. The van der Waals surface area contributed by atoms with E-state index in [0.717, 1.165) is 12.1 Å². The highest BCUT2D eigenvalue weighted by Crippen LogP contribution is 2.26. The van der Waals surface area contributed by atoms with E-state index in [2.05, 4.69) is 10.2 Å². The predicted octanol–water partition coefficient (Wildman–Crippen LogP) is 3.76. The maximum Gasteiger partial charge on any atom is 0.340 e. The number of ether oxygens (including phenoxy) is 3. The minimum absolute atomic E-state index is 0.164. The first-order valence-electron chi connectivity index (χ1n) is 9.89. The van der Waals surface area contributed by atoms with Crippen LogP contribution in [0.3, 0.4) is 0 Å². The first-order chi connectivity index (χ1) is 14.6. The number of benzene rings is 2. The van der Waals surface area contributed by atoms with E-state index in [9.17, 15) is 9.59 Å². The van der Waals surface area contributed by atoms with Gasteiger partial charge in [0.1, 0.15) is 5.75 Å². The monoisotopic (exact) mass is 432 g/mol. The van der Waals surface area contributed by atoms with Gasteiger partial charge in [-0.2, -0.15) is 0 Å². The number of anilines is 2. The zero-order valence-electron chi connectivity index (χ0n) is 16.9. The smallest absolute Gasteiger partial charge is 0.340 e. The summed E-state index contributed by atoms with van der Waals surface area (Å²) in [6.07, 6.45) is 0.733. The molecule has 0 aromatic heterocycles. The summed E-state index contributed by atoms with van der Waals surface area (Å²) in [5.74, 6) is -0.204. The predicted molar refractivity (Wildman–Crippen MR) is 116 cm³/mol. The third-order valence-electron chi connectivity index (χ3n) is 4.47. The second kappa shape index (κ2) is 10.8. The fourth-order valence-corrected chi connectivity index (χ4v) is 3.13. The molecule has 0 bridgehead atoms. The number of amides is 1. The molecule has 30 heavy (non-hydrogen) atoms. The van der Waals surface area contributed by atoms with E-state index in [1.54, 1.807) is 36.4 Å². The molecule has 0 atom stereocenters. The zero-order chi connectivity index (χ0) is 21.3. The molecule has 2 aromatic carbocycles. The number of carbonyl (C=O) groups excluding carboxylic acids is 2. The van der Waals surface area contributed by atoms with E-state index in [-0.39, 0.29) is 12.5 Å². The number of morpholine rings is 1. The van der Waals surface area contributed by atoms with Crippen LogP contribution in [0.1, 0.15) is 23.7 Å². The summed E-state index contributed by atoms with van der Waals surface area (Å²) < 4.78 is 16.2. The number of esters is 1. The topological polar surface area (TPSA) is 77.1 Å². The van der Waals surface area contributed by atoms with Crippen molar-refractivity contribution in [2.75, 3.05) is 49.7 Å². The van der Waals surface area contributed by atoms with Gasteiger partial charge in [0, 0.05) is 23.8 Å². The summed E-state index contributed by atoms with van der Waals surface area (Å²) in [4.78, 5) is 27.0. The van der Waals surface area contributed by atoms with Gasteiger partial charge < -0.3 is 24.4 Å². The van der Waals surface area contributed by atoms with Crippen LogP contribution in [0.5, 0.6) is 5.75 Å². The summed E-state index contributed by atoms with van der Waals surface area (Å²) in [7, 11) is 0. The fourth-order valence-electron chi connectivity index (χ4n) is 3.01. The largest absolute Gasteiger partial charge is 0.484 e. The van der Waals surface area contributed by atoms with Gasteiger partial charge in [-0.3, -0.25) is 4.79 Å². The Kier molecular flexibility index (Phi) is 7.93. The van der Waals surface area contributed by atoms with E-state index in [4.69, 9.17) is 25.8 Å². The molecule has 3 rings (SSSR count).